The number of carboxylic acids is 2. The third kappa shape index (κ3) is 13.5. The number of unbranched alkanes of at least 4 members (excludes halogenated alkanes) is 1. The fraction of sp³-hybridized carbons (Fsp3) is 0.520. The van der Waals surface area contributed by atoms with Crippen LogP contribution >= 0.6 is 0 Å². The second kappa shape index (κ2) is 18.1. The van der Waals surface area contributed by atoms with Gasteiger partial charge < -0.3 is 49.1 Å². The molecule has 0 aliphatic rings. The molecular weight excluding hydrogens is 524 g/mol. The van der Waals surface area contributed by atoms with Crippen molar-refractivity contribution in [2.24, 2.45) is 27.9 Å². The van der Waals surface area contributed by atoms with E-state index in [4.69, 9.17) is 22.9 Å². The Morgan fingerprint density at radius 3 is 1.95 bits per heavy atom. The van der Waals surface area contributed by atoms with Crippen molar-refractivity contribution in [2.75, 3.05) is 13.1 Å². The van der Waals surface area contributed by atoms with Crippen molar-refractivity contribution in [1.82, 2.24) is 16.0 Å². The molecule has 0 fully saturated rings. The van der Waals surface area contributed by atoms with Gasteiger partial charge in [0.1, 0.15) is 18.1 Å². The molecule has 0 heterocycles. The first-order chi connectivity index (χ1) is 18.9. The van der Waals surface area contributed by atoms with Gasteiger partial charge in [-0.1, -0.05) is 30.3 Å². The van der Waals surface area contributed by atoms with Crippen LogP contribution in [0, 0.1) is 0 Å². The Labute approximate surface area is 232 Å². The number of carbonyl (C=O) groups excluding carboxylic acids is 3. The first-order valence-electron chi connectivity index (χ1n) is 12.8. The predicted octanol–water partition coefficient (Wildman–Crippen LogP) is -2.25. The Hall–Kier alpha value is -4.24. The first-order valence-corrected chi connectivity index (χ1v) is 12.8. The molecule has 1 aromatic carbocycles. The molecule has 222 valence electrons. The lowest BCUT2D eigenvalue weighted by Crippen LogP contribution is -2.57. The molecule has 0 saturated heterocycles. The number of nitrogens with two attached hydrogens (primary N) is 4. The van der Waals surface area contributed by atoms with Crippen LogP contribution < -0.4 is 38.9 Å². The van der Waals surface area contributed by atoms with E-state index in [1.807, 2.05) is 6.07 Å². The minimum Gasteiger partial charge on any atom is -0.481 e. The zero-order chi connectivity index (χ0) is 30.1. The fourth-order valence-electron chi connectivity index (χ4n) is 3.69. The molecule has 3 amide bonds. The molecule has 0 aromatic heterocycles. The molecule has 40 heavy (non-hydrogen) atoms. The Bertz CT molecular complexity index is 1020. The summed E-state index contributed by atoms with van der Waals surface area (Å²) in [6, 6.07) is 3.92. The maximum atomic E-state index is 13.1. The minimum atomic E-state index is -1.61. The number of aliphatic carboxylic acids is 2. The molecule has 0 radical (unpaired) electrons. The highest BCUT2D eigenvalue weighted by molar-refractivity contribution is 5.95. The van der Waals surface area contributed by atoms with Gasteiger partial charge in [0.15, 0.2) is 5.96 Å². The molecule has 4 atom stereocenters. The van der Waals surface area contributed by atoms with Gasteiger partial charge in [-0.05, 0) is 50.6 Å². The van der Waals surface area contributed by atoms with Gasteiger partial charge >= 0.3 is 11.9 Å². The third-order valence-electron chi connectivity index (χ3n) is 5.79. The Morgan fingerprint density at radius 2 is 1.38 bits per heavy atom. The molecule has 1 rings (SSSR count). The number of benzene rings is 1. The quantitative estimate of drug-likeness (QED) is 0.0491. The molecule has 0 saturated carbocycles. The van der Waals surface area contributed by atoms with Crippen LogP contribution in [0.4, 0.5) is 0 Å². The van der Waals surface area contributed by atoms with Gasteiger partial charge in [-0.3, -0.25) is 24.2 Å². The number of carbonyl (C=O) groups is 5. The number of amides is 3. The van der Waals surface area contributed by atoms with Crippen LogP contribution in [0.5, 0.6) is 0 Å². The second-order valence-corrected chi connectivity index (χ2v) is 9.15. The molecule has 0 spiro atoms. The van der Waals surface area contributed by atoms with Crippen LogP contribution in [-0.4, -0.2) is 83.1 Å². The molecule has 13 N–H and O–H groups in total. The van der Waals surface area contributed by atoms with Crippen LogP contribution in [-0.2, 0) is 30.4 Å². The summed E-state index contributed by atoms with van der Waals surface area (Å²) in [5, 5.41) is 25.9. The van der Waals surface area contributed by atoms with Gasteiger partial charge in [0.25, 0.3) is 0 Å². The zero-order valence-corrected chi connectivity index (χ0v) is 22.3. The highest BCUT2D eigenvalue weighted by atomic mass is 16.4. The molecule has 4 unspecified atom stereocenters. The van der Waals surface area contributed by atoms with Crippen molar-refractivity contribution in [3.63, 3.8) is 0 Å². The Kier molecular flexibility index (Phi) is 15.3. The molecule has 0 aliphatic heterocycles. The second-order valence-electron chi connectivity index (χ2n) is 9.15. The van der Waals surface area contributed by atoms with E-state index in [-0.39, 0.29) is 38.2 Å². The number of guanidine groups is 1. The highest BCUT2D eigenvalue weighted by Gasteiger charge is 2.31. The van der Waals surface area contributed by atoms with Crippen LogP contribution in [0.15, 0.2) is 35.3 Å². The van der Waals surface area contributed by atoms with E-state index in [0.29, 0.717) is 19.4 Å². The summed E-state index contributed by atoms with van der Waals surface area (Å²) in [6.45, 7) is 0.466. The molecule has 1 aromatic rings. The van der Waals surface area contributed by atoms with Crippen molar-refractivity contribution in [3.05, 3.63) is 35.9 Å². The van der Waals surface area contributed by atoms with Gasteiger partial charge in [0.05, 0.1) is 12.5 Å². The van der Waals surface area contributed by atoms with Crippen molar-refractivity contribution < 1.29 is 34.2 Å². The average molecular weight is 565 g/mol. The van der Waals surface area contributed by atoms with Crippen molar-refractivity contribution in [1.29, 1.82) is 0 Å². The van der Waals surface area contributed by atoms with Crippen LogP contribution in [0.25, 0.3) is 0 Å². The van der Waals surface area contributed by atoms with Gasteiger partial charge in [-0.15, -0.1) is 0 Å². The smallest absolute Gasteiger partial charge is 0.326 e. The molecule has 0 bridgehead atoms. The molecule has 0 aliphatic carbocycles. The van der Waals surface area contributed by atoms with E-state index in [1.54, 1.807) is 24.3 Å². The molecule has 15 heteroatoms. The van der Waals surface area contributed by atoms with Gasteiger partial charge in [0.2, 0.25) is 17.7 Å². The topological polar surface area (TPSA) is 278 Å². The van der Waals surface area contributed by atoms with E-state index in [2.05, 4.69) is 20.9 Å². The van der Waals surface area contributed by atoms with Crippen molar-refractivity contribution >= 4 is 35.6 Å². The standard InChI is InChI=1S/C25H40N8O7/c26-11-5-4-9-17(31-21(36)16(27)13-15-7-2-1-3-8-15)22(37)33-19(14-20(34)35)23(38)32-18(24(39)40)10-6-12-30-25(28)29/h1-3,7-8,16-19H,4-6,9-14,26-27H2,(H,31,36)(H,32,38)(H,33,37)(H,34,35)(H,39,40)(H4,28,29,30). The number of rotatable bonds is 19. The first kappa shape index (κ1) is 33.8. The lowest BCUT2D eigenvalue weighted by Gasteiger charge is -2.24. The minimum absolute atomic E-state index is 0.0529. The number of carboxylic acid groups (broad SMARTS) is 2. The Balaban J connectivity index is 2.95. The van der Waals surface area contributed by atoms with Gasteiger partial charge in [0, 0.05) is 6.54 Å². The SMILES string of the molecule is NCCCCC(NC(=O)C(N)Cc1ccccc1)C(=O)NC(CC(=O)O)C(=O)NC(CCCN=C(N)N)C(=O)O. The van der Waals surface area contributed by atoms with Gasteiger partial charge in [-0.2, -0.15) is 0 Å². The zero-order valence-electron chi connectivity index (χ0n) is 22.3. The number of aliphatic imine (C=N–C) groups is 1. The summed E-state index contributed by atoms with van der Waals surface area (Å²) in [4.78, 5) is 65.5. The largest absolute Gasteiger partial charge is 0.481 e. The third-order valence-corrected chi connectivity index (χ3v) is 5.79. The summed E-state index contributed by atoms with van der Waals surface area (Å²) in [7, 11) is 0. The van der Waals surface area contributed by atoms with Crippen LogP contribution in [0.3, 0.4) is 0 Å². The maximum absolute atomic E-state index is 13.1. The lowest BCUT2D eigenvalue weighted by molar-refractivity contribution is -0.143. The van der Waals surface area contributed by atoms with Gasteiger partial charge in [-0.25, -0.2) is 4.79 Å². The van der Waals surface area contributed by atoms with E-state index in [9.17, 15) is 34.2 Å². The highest BCUT2D eigenvalue weighted by Crippen LogP contribution is 2.07. The normalized spacial score (nSPS) is 13.7. The summed E-state index contributed by atoms with van der Waals surface area (Å²) < 4.78 is 0. The van der Waals surface area contributed by atoms with E-state index >= 15 is 0 Å². The lowest BCUT2D eigenvalue weighted by atomic mass is 10.0. The van der Waals surface area contributed by atoms with Crippen molar-refractivity contribution in [3.8, 4) is 0 Å². The van der Waals surface area contributed by atoms with E-state index < -0.39 is 60.2 Å². The summed E-state index contributed by atoms with van der Waals surface area (Å²) >= 11 is 0. The number of hydrogen-bond donors (Lipinski definition) is 9. The van der Waals surface area contributed by atoms with Crippen LogP contribution in [0.1, 0.15) is 44.1 Å². The fourth-order valence-corrected chi connectivity index (χ4v) is 3.69. The predicted molar refractivity (Wildman–Crippen MR) is 147 cm³/mol. The number of nitrogens with zero attached hydrogens (tertiary/aromatic N) is 1. The van der Waals surface area contributed by atoms with Crippen molar-refractivity contribution in [2.45, 2.75) is 69.1 Å². The maximum Gasteiger partial charge on any atom is 0.326 e. The summed E-state index contributed by atoms with van der Waals surface area (Å²) in [6.07, 6.45) is 0.704. The Morgan fingerprint density at radius 1 is 0.800 bits per heavy atom. The number of hydrogen-bond acceptors (Lipinski definition) is 8. The number of nitrogens with one attached hydrogen (secondary N) is 3. The van der Waals surface area contributed by atoms with E-state index in [0.717, 1.165) is 5.56 Å². The molecule has 15 nitrogen and oxygen atoms in total. The summed E-state index contributed by atoms with van der Waals surface area (Å²) in [5.41, 5.74) is 22.9. The molecular formula is C25H40N8O7. The monoisotopic (exact) mass is 564 g/mol. The van der Waals surface area contributed by atoms with E-state index in [1.165, 1.54) is 0 Å². The summed E-state index contributed by atoms with van der Waals surface area (Å²) in [5.74, 6) is -5.39. The van der Waals surface area contributed by atoms with Crippen LogP contribution in [0.2, 0.25) is 0 Å². The average Bonchev–Trinajstić information content (AvgIpc) is 2.89.